The monoisotopic (exact) mass is 289 g/mol. The van der Waals surface area contributed by atoms with Gasteiger partial charge in [0.2, 0.25) is 0 Å². The Balaban J connectivity index is 2.32. The number of Topliss-reactive ketones (excluding diaryl/α,β-unsaturated/α-hetero) is 1. The van der Waals surface area contributed by atoms with E-state index in [0.29, 0.717) is 15.7 Å². The zero-order valence-corrected chi connectivity index (χ0v) is 12.3. The molecule has 0 aliphatic heterocycles. The van der Waals surface area contributed by atoms with Crippen molar-refractivity contribution in [1.29, 1.82) is 0 Å². The van der Waals surface area contributed by atoms with Crippen molar-refractivity contribution in [3.8, 4) is 0 Å². The number of benzene rings is 1. The molecule has 0 radical (unpaired) electrons. The normalized spacial score (nSPS) is 11.2. The van der Waals surface area contributed by atoms with Crippen LogP contribution in [0.3, 0.4) is 0 Å². The molecule has 21 heavy (non-hydrogen) atoms. The van der Waals surface area contributed by atoms with E-state index in [2.05, 4.69) is 4.90 Å². The number of aromatic nitrogens is 2. The maximum absolute atomic E-state index is 12.2. The van der Waals surface area contributed by atoms with Crippen molar-refractivity contribution >= 4 is 16.8 Å². The first kappa shape index (κ1) is 15.2. The summed E-state index contributed by atoms with van der Waals surface area (Å²) in [5, 5.41) is 12.2. The third-order valence-corrected chi connectivity index (χ3v) is 3.63. The molecular weight excluding hydrogens is 270 g/mol. The first-order valence-electron chi connectivity index (χ1n) is 7.08. The Kier molecular flexibility index (Phi) is 4.70. The Hall–Kier alpha value is -2.21. The molecule has 0 N–H and O–H groups in total. The van der Waals surface area contributed by atoms with E-state index < -0.39 is 0 Å². The van der Waals surface area contributed by atoms with Gasteiger partial charge < -0.3 is 14.8 Å². The van der Waals surface area contributed by atoms with Gasteiger partial charge in [0.25, 0.3) is 11.7 Å². The number of hydrogen-bond acceptors (Lipinski definition) is 4. The van der Waals surface area contributed by atoms with E-state index in [1.807, 2.05) is 13.8 Å². The van der Waals surface area contributed by atoms with Gasteiger partial charge in [-0.25, -0.2) is 0 Å². The highest BCUT2D eigenvalue weighted by Gasteiger charge is 2.17. The number of fused-ring (bicyclic) bond motifs is 1. The largest absolute Gasteiger partial charge is 0.805 e. The molecular formula is C15H19N3O3. The molecule has 0 bridgehead atoms. The summed E-state index contributed by atoms with van der Waals surface area (Å²) in [5.74, 6) is -0.313. The van der Waals surface area contributed by atoms with Gasteiger partial charge in [-0.05, 0) is 19.2 Å². The fourth-order valence-electron chi connectivity index (χ4n) is 2.30. The molecule has 0 saturated heterocycles. The van der Waals surface area contributed by atoms with Crippen molar-refractivity contribution in [2.45, 2.75) is 20.3 Å². The number of carbonyl (C=O) groups is 1. The minimum atomic E-state index is -0.313. The second kappa shape index (κ2) is 6.49. The first-order valence-corrected chi connectivity index (χ1v) is 7.08. The first-order chi connectivity index (χ1) is 10.1. The van der Waals surface area contributed by atoms with Crippen molar-refractivity contribution < 1.29 is 9.22 Å². The van der Waals surface area contributed by atoms with Crippen molar-refractivity contribution in [3.05, 3.63) is 46.3 Å². The molecule has 0 unspecified atom stereocenters. The van der Waals surface area contributed by atoms with Crippen LogP contribution in [0.4, 0.5) is 0 Å². The van der Waals surface area contributed by atoms with Crippen LogP contribution in [0, 0.1) is 10.1 Å². The van der Waals surface area contributed by atoms with Gasteiger partial charge in [0.15, 0.2) is 11.5 Å². The van der Waals surface area contributed by atoms with Crippen molar-refractivity contribution in [2.24, 2.45) is 0 Å². The molecule has 1 aromatic heterocycles. The van der Waals surface area contributed by atoms with E-state index >= 15 is 0 Å². The molecule has 1 aromatic carbocycles. The van der Waals surface area contributed by atoms with E-state index in [-0.39, 0.29) is 28.9 Å². The lowest BCUT2D eigenvalue weighted by atomic mass is 10.2. The highest BCUT2D eigenvalue weighted by Crippen LogP contribution is 2.12. The minimum absolute atomic E-state index is 0.101. The summed E-state index contributed by atoms with van der Waals surface area (Å²) >= 11 is 0. The van der Waals surface area contributed by atoms with Gasteiger partial charge in [-0.2, -0.15) is 0 Å². The van der Waals surface area contributed by atoms with Crippen molar-refractivity contribution in [2.75, 3.05) is 19.6 Å². The quantitative estimate of drug-likeness (QED) is 0.600. The number of hydrogen-bond donors (Lipinski definition) is 0. The van der Waals surface area contributed by atoms with Crippen LogP contribution in [0.25, 0.3) is 11.0 Å². The topological polar surface area (TPSA) is 71.3 Å². The highest BCUT2D eigenvalue weighted by atomic mass is 16.5. The molecule has 0 saturated carbocycles. The molecule has 112 valence electrons. The van der Waals surface area contributed by atoms with Gasteiger partial charge in [-0.1, -0.05) is 26.0 Å². The average Bonchev–Trinajstić information content (AvgIpc) is 2.51. The lowest BCUT2D eigenvalue weighted by molar-refractivity contribution is -0.464. The van der Waals surface area contributed by atoms with Crippen LogP contribution < -0.4 is 4.43 Å². The molecule has 0 spiro atoms. The van der Waals surface area contributed by atoms with Gasteiger partial charge >= 0.3 is 0 Å². The minimum Gasteiger partial charge on any atom is -0.805 e. The lowest BCUT2D eigenvalue weighted by Gasteiger charge is -2.19. The van der Waals surface area contributed by atoms with E-state index in [1.165, 1.54) is 6.07 Å². The van der Waals surface area contributed by atoms with Crippen LogP contribution in [-0.2, 0) is 0 Å². The third kappa shape index (κ3) is 3.11. The summed E-state index contributed by atoms with van der Waals surface area (Å²) in [6.07, 6.45) is 1.29. The van der Waals surface area contributed by atoms with Gasteiger partial charge in [0, 0.05) is 23.9 Å². The number of rotatable bonds is 6. The van der Waals surface area contributed by atoms with Crippen molar-refractivity contribution in [3.63, 3.8) is 0 Å². The number of para-hydroxylation sites is 2. The third-order valence-electron chi connectivity index (χ3n) is 3.63. The van der Waals surface area contributed by atoms with Crippen LogP contribution in [0.1, 0.15) is 30.8 Å². The highest BCUT2D eigenvalue weighted by molar-refractivity contribution is 5.95. The summed E-state index contributed by atoms with van der Waals surface area (Å²) in [6, 6.07) is 6.44. The Morgan fingerprint density at radius 1 is 1.29 bits per heavy atom. The van der Waals surface area contributed by atoms with E-state index in [9.17, 15) is 14.9 Å². The fourth-order valence-corrected chi connectivity index (χ4v) is 2.30. The molecule has 1 heterocycles. The predicted molar refractivity (Wildman–Crippen MR) is 80.8 cm³/mol. The van der Waals surface area contributed by atoms with E-state index in [1.54, 1.807) is 18.2 Å². The zero-order valence-electron chi connectivity index (χ0n) is 12.3. The Bertz CT molecular complexity index is 705. The Morgan fingerprint density at radius 3 is 2.62 bits per heavy atom. The maximum atomic E-state index is 12.2. The van der Waals surface area contributed by atoms with Crippen LogP contribution in [-0.4, -0.2) is 35.0 Å². The Labute approximate surface area is 122 Å². The van der Waals surface area contributed by atoms with Gasteiger partial charge in [-0.3, -0.25) is 4.79 Å². The molecule has 0 amide bonds. The van der Waals surface area contributed by atoms with Gasteiger partial charge in [-0.15, -0.1) is 0 Å². The average molecular weight is 289 g/mol. The molecule has 0 atom stereocenters. The van der Waals surface area contributed by atoms with Crippen LogP contribution in [0.2, 0.25) is 0 Å². The number of ketones is 1. The number of carbonyl (C=O) groups excluding carboxylic acids is 1. The summed E-state index contributed by atoms with van der Waals surface area (Å²) in [7, 11) is 0. The summed E-state index contributed by atoms with van der Waals surface area (Å²) < 4.78 is 1.13. The molecule has 6 heteroatoms. The lowest BCUT2D eigenvalue weighted by Crippen LogP contribution is -2.28. The molecule has 2 aromatic rings. The molecule has 2 rings (SSSR count). The summed E-state index contributed by atoms with van der Waals surface area (Å²) in [5.41, 5.74) is 0.366. The van der Waals surface area contributed by atoms with Crippen LogP contribution in [0.5, 0.6) is 0 Å². The fraction of sp³-hybridized carbons (Fsp3) is 0.400. The molecule has 0 aliphatic rings. The van der Waals surface area contributed by atoms with Crippen LogP contribution in [0.15, 0.2) is 30.5 Å². The summed E-state index contributed by atoms with van der Waals surface area (Å²) in [6.45, 7) is 6.31. The van der Waals surface area contributed by atoms with Gasteiger partial charge in [0.1, 0.15) is 5.52 Å². The zero-order chi connectivity index (χ0) is 15.4. The van der Waals surface area contributed by atoms with E-state index in [0.717, 1.165) is 19.3 Å². The second-order valence-electron chi connectivity index (χ2n) is 4.82. The molecule has 0 fully saturated rings. The standard InChI is InChI=1S/C15H19N3O3/c1-3-16(4-2)10-9-15(19)14-11-17(20)12-7-5-6-8-13(12)18(14)21/h5-8,11H,3-4,9-10H2,1-2H3. The van der Waals surface area contributed by atoms with Crippen LogP contribution >= 0.6 is 0 Å². The maximum Gasteiger partial charge on any atom is 0.286 e. The molecule has 0 aliphatic carbocycles. The SMILES string of the molecule is CCN(CC)CCC(=O)c1c[n+](=O)c2ccccc2n1[O-]. The second-order valence-corrected chi connectivity index (χ2v) is 4.82. The van der Waals surface area contributed by atoms with Gasteiger partial charge in [0.05, 0.1) is 4.43 Å². The Morgan fingerprint density at radius 2 is 1.95 bits per heavy atom. The predicted octanol–water partition coefficient (Wildman–Crippen LogP) is 1.82. The molecule has 6 nitrogen and oxygen atoms in total. The van der Waals surface area contributed by atoms with E-state index in [4.69, 9.17) is 0 Å². The number of nitrogens with zero attached hydrogens (tertiary/aromatic N) is 3. The van der Waals surface area contributed by atoms with Crippen molar-refractivity contribution in [1.82, 2.24) is 9.63 Å². The smallest absolute Gasteiger partial charge is 0.286 e. The summed E-state index contributed by atoms with van der Waals surface area (Å²) in [4.78, 5) is 26.2.